The van der Waals surface area contributed by atoms with Gasteiger partial charge in [0, 0.05) is 38.5 Å². The number of nitriles is 4. The Morgan fingerprint density at radius 2 is 0.917 bits per heavy atom. The highest BCUT2D eigenvalue weighted by Crippen LogP contribution is 2.69. The van der Waals surface area contributed by atoms with E-state index in [0.717, 1.165) is 11.1 Å². The summed E-state index contributed by atoms with van der Waals surface area (Å²) in [6.45, 7) is 4.12. The molecule has 0 aromatic heterocycles. The number of ether oxygens (including phenoxy) is 4. The standard InChI is InChI=1S/C40H28N4O4/c1-38(30-14-3-7-18-34(30)45-24-41,31-15-4-8-19-35(31)46-25-42)23-40(28-12-11-13-29(40)22-28)39(2,32-16-5-9-20-36(32)47-26-43)33-17-6-10-21-37(33)48-27-44/h3-22H,23H2,1-2H3. The molecule has 2 aliphatic rings. The van der Waals surface area contributed by atoms with Gasteiger partial charge in [-0.05, 0) is 48.8 Å². The van der Waals surface area contributed by atoms with Crippen LogP contribution in [0.4, 0.5) is 0 Å². The molecule has 0 spiro atoms. The van der Waals surface area contributed by atoms with Crippen LogP contribution in [0.15, 0.2) is 133 Å². The second kappa shape index (κ2) is 12.6. The Morgan fingerprint density at radius 1 is 0.542 bits per heavy atom. The van der Waals surface area contributed by atoms with Gasteiger partial charge in [-0.1, -0.05) is 104 Å². The number of allylic oxidation sites excluding steroid dienone is 6. The van der Waals surface area contributed by atoms with Crippen LogP contribution < -0.4 is 18.9 Å². The zero-order chi connectivity index (χ0) is 33.8. The van der Waals surface area contributed by atoms with Crippen molar-refractivity contribution in [3.63, 3.8) is 0 Å². The van der Waals surface area contributed by atoms with Gasteiger partial charge in [0.2, 0.25) is 0 Å². The number of benzene rings is 4. The monoisotopic (exact) mass is 628 g/mol. The minimum absolute atomic E-state index is 0.345. The van der Waals surface area contributed by atoms with E-state index >= 15 is 0 Å². The second-order valence-corrected chi connectivity index (χ2v) is 11.9. The first kappa shape index (κ1) is 31.3. The molecule has 4 aromatic carbocycles. The van der Waals surface area contributed by atoms with Crippen molar-refractivity contribution >= 4 is 0 Å². The number of hydrogen-bond donors (Lipinski definition) is 0. The lowest BCUT2D eigenvalue weighted by Crippen LogP contribution is -2.54. The van der Waals surface area contributed by atoms with Crippen molar-refractivity contribution in [3.05, 3.63) is 155 Å². The highest BCUT2D eigenvalue weighted by molar-refractivity contribution is 5.70. The van der Waals surface area contributed by atoms with E-state index in [2.05, 4.69) is 25.2 Å². The van der Waals surface area contributed by atoms with Gasteiger partial charge < -0.3 is 18.9 Å². The summed E-state index contributed by atoms with van der Waals surface area (Å²) in [5.41, 5.74) is 1.85. The van der Waals surface area contributed by atoms with Crippen molar-refractivity contribution in [2.75, 3.05) is 0 Å². The summed E-state index contributed by atoms with van der Waals surface area (Å²) in [4.78, 5) is 0. The zero-order valence-electron chi connectivity index (χ0n) is 26.2. The summed E-state index contributed by atoms with van der Waals surface area (Å²) in [6, 6.07) is 29.4. The third-order valence-electron chi connectivity index (χ3n) is 9.76. The number of rotatable bonds is 11. The van der Waals surface area contributed by atoms with E-state index in [1.54, 1.807) is 48.5 Å². The maximum atomic E-state index is 9.75. The van der Waals surface area contributed by atoms with Crippen LogP contribution in [0.2, 0.25) is 0 Å². The summed E-state index contributed by atoms with van der Waals surface area (Å²) in [5.74, 6) is 1.42. The first-order valence-electron chi connectivity index (χ1n) is 15.1. The number of para-hydroxylation sites is 4. The van der Waals surface area contributed by atoms with Crippen LogP contribution in [0.3, 0.4) is 0 Å². The number of hydrogen-bond acceptors (Lipinski definition) is 8. The fourth-order valence-corrected chi connectivity index (χ4v) is 7.73. The fraction of sp³-hybridized carbons (Fsp3) is 0.150. The Kier molecular flexibility index (Phi) is 8.18. The van der Waals surface area contributed by atoms with Crippen molar-refractivity contribution in [3.8, 4) is 48.0 Å². The SMILES string of the molecule is CC(CC1(C(C)(c2ccccc2OC#N)c2ccccc2OC#N)c2cccc1c2)(c1ccccc1OC#N)c1ccccc1OC#N. The average molecular weight is 629 g/mol. The van der Waals surface area contributed by atoms with E-state index in [9.17, 15) is 21.0 Å². The van der Waals surface area contributed by atoms with Crippen LogP contribution in [0, 0.1) is 51.5 Å². The molecular weight excluding hydrogens is 600 g/mol. The zero-order valence-corrected chi connectivity index (χ0v) is 26.2. The van der Waals surface area contributed by atoms with Crippen LogP contribution in [-0.2, 0) is 10.8 Å². The molecule has 8 heteroatoms. The van der Waals surface area contributed by atoms with Gasteiger partial charge in [-0.25, -0.2) is 0 Å². The molecule has 4 aromatic rings. The lowest BCUT2D eigenvalue weighted by Gasteiger charge is -2.60. The predicted molar refractivity (Wildman–Crippen MR) is 176 cm³/mol. The van der Waals surface area contributed by atoms with Gasteiger partial charge in [-0.2, -0.15) is 0 Å². The summed E-state index contributed by atoms with van der Waals surface area (Å²) < 4.78 is 22.4. The summed E-state index contributed by atoms with van der Waals surface area (Å²) in [7, 11) is 0. The Labute approximate surface area is 278 Å². The van der Waals surface area contributed by atoms with Crippen molar-refractivity contribution < 1.29 is 18.9 Å². The molecule has 0 radical (unpaired) electrons. The van der Waals surface area contributed by atoms with E-state index in [1.165, 1.54) is 0 Å². The van der Waals surface area contributed by atoms with E-state index < -0.39 is 16.2 Å². The highest BCUT2D eigenvalue weighted by Gasteiger charge is 2.62. The Hall–Kier alpha value is -6.74. The molecule has 1 atom stereocenters. The predicted octanol–water partition coefficient (Wildman–Crippen LogP) is 8.25. The smallest absolute Gasteiger partial charge is 0.292 e. The van der Waals surface area contributed by atoms with Crippen molar-refractivity contribution in [2.45, 2.75) is 31.1 Å². The largest absolute Gasteiger partial charge is 0.388 e. The molecule has 0 saturated carbocycles. The van der Waals surface area contributed by atoms with E-state index in [0.29, 0.717) is 51.7 Å². The van der Waals surface area contributed by atoms with Gasteiger partial charge in [0.1, 0.15) is 23.0 Å². The molecule has 2 bridgehead atoms. The molecule has 1 unspecified atom stereocenters. The summed E-state index contributed by atoms with van der Waals surface area (Å²) in [6.07, 6.45) is 15.9. The van der Waals surface area contributed by atoms with Crippen molar-refractivity contribution in [1.29, 1.82) is 21.0 Å². The molecule has 0 N–H and O–H groups in total. The van der Waals surface area contributed by atoms with Crippen LogP contribution >= 0.6 is 0 Å². The van der Waals surface area contributed by atoms with E-state index in [1.807, 2.05) is 86.6 Å². The quantitative estimate of drug-likeness (QED) is 0.152. The molecule has 6 rings (SSSR count). The number of fused-ring (bicyclic) bond motifs is 2. The maximum absolute atomic E-state index is 9.75. The first-order chi connectivity index (χ1) is 23.4. The molecule has 232 valence electrons. The molecule has 0 fully saturated rings. The molecule has 0 amide bonds. The topological polar surface area (TPSA) is 132 Å². The first-order valence-corrected chi connectivity index (χ1v) is 15.1. The molecule has 8 nitrogen and oxygen atoms in total. The minimum atomic E-state index is -1.05. The van der Waals surface area contributed by atoms with Gasteiger partial charge in [0.05, 0.1) is 0 Å². The highest BCUT2D eigenvalue weighted by atomic mass is 16.5. The third kappa shape index (κ3) is 4.73. The van der Waals surface area contributed by atoms with Crippen LogP contribution in [-0.4, -0.2) is 0 Å². The molecular formula is C40H28N4O4. The number of nitrogens with zero attached hydrogens (tertiary/aromatic N) is 4. The van der Waals surface area contributed by atoms with Gasteiger partial charge in [0.15, 0.2) is 0 Å². The summed E-state index contributed by atoms with van der Waals surface area (Å²) in [5, 5.41) is 38.9. The Morgan fingerprint density at radius 3 is 1.27 bits per heavy atom. The minimum Gasteiger partial charge on any atom is -0.388 e. The van der Waals surface area contributed by atoms with Gasteiger partial charge in [-0.3, -0.25) is 0 Å². The van der Waals surface area contributed by atoms with Gasteiger partial charge >= 0.3 is 0 Å². The fourth-order valence-electron chi connectivity index (χ4n) is 7.73. The van der Waals surface area contributed by atoms with Crippen molar-refractivity contribution in [1.82, 2.24) is 0 Å². The third-order valence-corrected chi connectivity index (χ3v) is 9.76. The average Bonchev–Trinajstić information content (AvgIpc) is 3.12. The van der Waals surface area contributed by atoms with Crippen LogP contribution in [0.25, 0.3) is 0 Å². The van der Waals surface area contributed by atoms with Crippen molar-refractivity contribution in [2.24, 2.45) is 5.41 Å². The van der Waals surface area contributed by atoms with E-state index in [-0.39, 0.29) is 0 Å². The van der Waals surface area contributed by atoms with Gasteiger partial charge in [-0.15, -0.1) is 21.0 Å². The normalized spacial score (nSPS) is 16.0. The van der Waals surface area contributed by atoms with E-state index in [4.69, 9.17) is 18.9 Å². The lowest BCUT2D eigenvalue weighted by atomic mass is 9.42. The maximum Gasteiger partial charge on any atom is 0.292 e. The molecule has 0 aliphatic heterocycles. The molecule has 0 heterocycles. The molecule has 48 heavy (non-hydrogen) atoms. The van der Waals surface area contributed by atoms with Crippen LogP contribution in [0.1, 0.15) is 42.5 Å². The van der Waals surface area contributed by atoms with Gasteiger partial charge in [0.25, 0.3) is 25.0 Å². The summed E-state index contributed by atoms with van der Waals surface area (Å²) >= 11 is 0. The second-order valence-electron chi connectivity index (χ2n) is 11.9. The molecule has 2 aliphatic carbocycles. The molecule has 0 saturated heterocycles. The lowest BCUT2D eigenvalue weighted by molar-refractivity contribution is 0.192. The Bertz CT molecular complexity index is 2040. The Balaban J connectivity index is 1.74. The van der Waals surface area contributed by atoms with Crippen LogP contribution in [0.5, 0.6) is 23.0 Å².